The number of hydrogen-bond acceptors (Lipinski definition) is 4. The van der Waals surface area contributed by atoms with E-state index in [1.165, 1.54) is 0 Å². The van der Waals surface area contributed by atoms with Gasteiger partial charge in [0.15, 0.2) is 0 Å². The number of carbonyl (C=O) groups is 1. The smallest absolute Gasteiger partial charge is 0.311 e. The minimum atomic E-state index is -0.958. The van der Waals surface area contributed by atoms with Gasteiger partial charge in [-0.1, -0.05) is 60.7 Å². The predicted octanol–water partition coefficient (Wildman–Crippen LogP) is 2.84. The Labute approximate surface area is 153 Å². The maximum absolute atomic E-state index is 11.8. The lowest BCUT2D eigenvalue weighted by atomic mass is 9.94. The van der Waals surface area contributed by atoms with Crippen molar-refractivity contribution >= 4 is 5.97 Å². The van der Waals surface area contributed by atoms with Crippen molar-refractivity contribution in [1.82, 2.24) is 0 Å². The molecule has 1 atom stereocenters. The Morgan fingerprint density at radius 3 is 1.73 bits per heavy atom. The van der Waals surface area contributed by atoms with E-state index in [0.717, 1.165) is 11.1 Å². The topological polar surface area (TPSA) is 81.8 Å². The van der Waals surface area contributed by atoms with Gasteiger partial charge in [-0.3, -0.25) is 4.79 Å². The fourth-order valence-corrected chi connectivity index (χ4v) is 3.51. The first kappa shape index (κ1) is 18.6. The Morgan fingerprint density at radius 1 is 0.923 bits per heavy atom. The molecule has 0 amide bonds. The summed E-state index contributed by atoms with van der Waals surface area (Å²) >= 11 is 0. The Hall–Kier alpha value is -2.21. The summed E-state index contributed by atoms with van der Waals surface area (Å²) in [6.07, 6.45) is 0.482. The molecule has 3 rings (SSSR count). The van der Waals surface area contributed by atoms with Crippen LogP contribution in [-0.4, -0.2) is 30.8 Å². The quantitative estimate of drug-likeness (QED) is 0.685. The van der Waals surface area contributed by atoms with Gasteiger partial charge >= 0.3 is 5.97 Å². The molecule has 1 aliphatic carbocycles. The number of benzene rings is 2. The number of carboxylic acid groups (broad SMARTS) is 1. The van der Waals surface area contributed by atoms with Crippen molar-refractivity contribution in [2.24, 2.45) is 16.6 Å². The third-order valence-corrected chi connectivity index (χ3v) is 5.27. The zero-order valence-electron chi connectivity index (χ0n) is 14.8. The van der Waals surface area contributed by atoms with Gasteiger partial charge in [0.25, 0.3) is 0 Å². The van der Waals surface area contributed by atoms with Crippen LogP contribution in [0.25, 0.3) is 0 Å². The Bertz CT molecular complexity index is 674. The summed E-state index contributed by atoms with van der Waals surface area (Å²) in [5.41, 5.74) is 6.40. The number of rotatable bonds is 10. The first-order chi connectivity index (χ1) is 12.6. The summed E-state index contributed by atoms with van der Waals surface area (Å²) in [6.45, 7) is 1.62. The Balaban J connectivity index is 1.61. The lowest BCUT2D eigenvalue weighted by Crippen LogP contribution is -2.36. The van der Waals surface area contributed by atoms with Crippen molar-refractivity contribution in [3.8, 4) is 0 Å². The summed E-state index contributed by atoms with van der Waals surface area (Å²) in [7, 11) is 0. The van der Waals surface area contributed by atoms with E-state index in [2.05, 4.69) is 0 Å². The summed E-state index contributed by atoms with van der Waals surface area (Å²) in [4.78, 5) is 11.8. The molecule has 1 fully saturated rings. The van der Waals surface area contributed by atoms with Crippen LogP contribution in [0.15, 0.2) is 60.7 Å². The van der Waals surface area contributed by atoms with Gasteiger partial charge in [-0.05, 0) is 17.5 Å². The molecule has 2 aromatic rings. The lowest BCUT2D eigenvalue weighted by molar-refractivity contribution is -0.146. The zero-order chi connectivity index (χ0) is 18.5. The van der Waals surface area contributed by atoms with Crippen molar-refractivity contribution in [1.29, 1.82) is 0 Å². The summed E-state index contributed by atoms with van der Waals surface area (Å²) < 4.78 is 11.7. The van der Waals surface area contributed by atoms with Crippen LogP contribution in [0.5, 0.6) is 0 Å². The molecule has 0 heterocycles. The van der Waals surface area contributed by atoms with Gasteiger partial charge in [0.2, 0.25) is 0 Å². The van der Waals surface area contributed by atoms with E-state index >= 15 is 0 Å². The van der Waals surface area contributed by atoms with Crippen LogP contribution in [0.4, 0.5) is 0 Å². The Morgan fingerprint density at radius 2 is 1.38 bits per heavy atom. The van der Waals surface area contributed by atoms with Gasteiger partial charge in [0, 0.05) is 12.0 Å². The molecule has 0 aromatic heterocycles. The van der Waals surface area contributed by atoms with Gasteiger partial charge < -0.3 is 20.3 Å². The normalized spacial score (nSPS) is 20.7. The van der Waals surface area contributed by atoms with Gasteiger partial charge in [-0.2, -0.15) is 0 Å². The summed E-state index contributed by atoms with van der Waals surface area (Å²) in [6, 6.07) is 19.7. The van der Waals surface area contributed by atoms with Crippen LogP contribution in [0.1, 0.15) is 17.5 Å². The van der Waals surface area contributed by atoms with E-state index < -0.39 is 16.8 Å². The fraction of sp³-hybridized carbons (Fsp3) is 0.381. The first-order valence-corrected chi connectivity index (χ1v) is 8.79. The van der Waals surface area contributed by atoms with E-state index in [-0.39, 0.29) is 6.54 Å². The largest absolute Gasteiger partial charge is 0.481 e. The molecule has 1 aliphatic rings. The first-order valence-electron chi connectivity index (χ1n) is 8.79. The molecule has 5 heteroatoms. The SMILES string of the molecule is NCC1(C(=O)O)CC1(COCc1ccccc1)COCc1ccccc1. The average molecular weight is 355 g/mol. The van der Waals surface area contributed by atoms with E-state index in [0.29, 0.717) is 32.8 Å². The van der Waals surface area contributed by atoms with Crippen molar-refractivity contribution < 1.29 is 19.4 Å². The number of hydrogen-bond donors (Lipinski definition) is 2. The highest BCUT2D eigenvalue weighted by molar-refractivity contribution is 5.80. The maximum Gasteiger partial charge on any atom is 0.311 e. The molecular formula is C21H25NO4. The van der Waals surface area contributed by atoms with Gasteiger partial charge in [0.05, 0.1) is 31.8 Å². The molecule has 0 bridgehead atoms. The van der Waals surface area contributed by atoms with E-state index in [9.17, 15) is 9.90 Å². The van der Waals surface area contributed by atoms with Gasteiger partial charge in [0.1, 0.15) is 0 Å². The summed E-state index contributed by atoms with van der Waals surface area (Å²) in [5, 5.41) is 9.68. The molecule has 138 valence electrons. The molecule has 0 aliphatic heterocycles. The van der Waals surface area contributed by atoms with Crippen LogP contribution in [0.3, 0.4) is 0 Å². The minimum absolute atomic E-state index is 0.0890. The van der Waals surface area contributed by atoms with Crippen LogP contribution in [-0.2, 0) is 27.5 Å². The molecular weight excluding hydrogens is 330 g/mol. The zero-order valence-corrected chi connectivity index (χ0v) is 14.8. The van der Waals surface area contributed by atoms with Crippen molar-refractivity contribution in [3.63, 3.8) is 0 Å². The molecule has 2 aromatic carbocycles. The van der Waals surface area contributed by atoms with Crippen molar-refractivity contribution in [2.45, 2.75) is 19.6 Å². The van der Waals surface area contributed by atoms with Crippen molar-refractivity contribution in [3.05, 3.63) is 71.8 Å². The monoisotopic (exact) mass is 355 g/mol. The summed E-state index contributed by atoms with van der Waals surface area (Å²) in [5.74, 6) is -0.869. The minimum Gasteiger partial charge on any atom is -0.481 e. The van der Waals surface area contributed by atoms with Crippen LogP contribution >= 0.6 is 0 Å². The number of aliphatic carboxylic acids is 1. The lowest BCUT2D eigenvalue weighted by Gasteiger charge is -2.22. The van der Waals surface area contributed by atoms with Gasteiger partial charge in [-0.15, -0.1) is 0 Å². The van der Waals surface area contributed by atoms with Crippen LogP contribution in [0, 0.1) is 10.8 Å². The van der Waals surface area contributed by atoms with E-state index in [4.69, 9.17) is 15.2 Å². The Kier molecular flexibility index (Phi) is 5.71. The van der Waals surface area contributed by atoms with Crippen molar-refractivity contribution in [2.75, 3.05) is 19.8 Å². The second-order valence-corrected chi connectivity index (χ2v) is 7.01. The highest BCUT2D eigenvalue weighted by atomic mass is 16.5. The van der Waals surface area contributed by atoms with Gasteiger partial charge in [-0.25, -0.2) is 0 Å². The highest BCUT2D eigenvalue weighted by Gasteiger charge is 2.71. The van der Waals surface area contributed by atoms with Crippen LogP contribution < -0.4 is 5.73 Å². The molecule has 1 unspecified atom stereocenters. The second-order valence-electron chi connectivity index (χ2n) is 7.01. The number of ether oxygens (including phenoxy) is 2. The predicted molar refractivity (Wildman–Crippen MR) is 98.4 cm³/mol. The molecule has 26 heavy (non-hydrogen) atoms. The van der Waals surface area contributed by atoms with E-state index in [1.54, 1.807) is 0 Å². The third kappa shape index (κ3) is 3.80. The number of carboxylic acids is 1. The van der Waals surface area contributed by atoms with Crippen LogP contribution in [0.2, 0.25) is 0 Å². The highest BCUT2D eigenvalue weighted by Crippen LogP contribution is 2.63. The molecule has 5 nitrogen and oxygen atoms in total. The second kappa shape index (κ2) is 7.99. The molecule has 0 radical (unpaired) electrons. The fourth-order valence-electron chi connectivity index (χ4n) is 3.51. The standard InChI is InChI=1S/C21H25NO4/c22-14-21(19(23)24)13-20(21,15-25-11-17-7-3-1-4-8-17)16-26-12-18-9-5-2-6-10-18/h1-10H,11-16,22H2,(H,23,24). The third-order valence-electron chi connectivity index (χ3n) is 5.27. The van der Waals surface area contributed by atoms with E-state index in [1.807, 2.05) is 60.7 Å². The molecule has 0 saturated heterocycles. The molecule has 0 spiro atoms. The molecule has 3 N–H and O–H groups in total. The average Bonchev–Trinajstić information content (AvgIpc) is 3.33. The number of nitrogens with two attached hydrogens (primary N) is 1. The molecule has 1 saturated carbocycles. The maximum atomic E-state index is 11.8.